The Morgan fingerprint density at radius 2 is 1.89 bits per heavy atom. The Morgan fingerprint density at radius 3 is 2.59 bits per heavy atom. The molecule has 0 radical (unpaired) electrons. The summed E-state index contributed by atoms with van der Waals surface area (Å²) in [4.78, 5) is 15.0. The Balaban J connectivity index is 1.78. The summed E-state index contributed by atoms with van der Waals surface area (Å²) in [5, 5.41) is 3.12. The van der Waals surface area contributed by atoms with Crippen LogP contribution in [0.1, 0.15) is 33.1 Å². The van der Waals surface area contributed by atoms with E-state index in [9.17, 15) is 4.79 Å². The van der Waals surface area contributed by atoms with Crippen molar-refractivity contribution in [1.82, 2.24) is 10.2 Å². The van der Waals surface area contributed by atoms with E-state index in [4.69, 9.17) is 9.47 Å². The average molecular weight is 368 g/mol. The normalized spacial score (nSPS) is 16.0. The van der Waals surface area contributed by atoms with Crippen molar-refractivity contribution in [1.29, 1.82) is 0 Å². The summed E-state index contributed by atoms with van der Waals surface area (Å²) in [6, 6.07) is 13.9. The van der Waals surface area contributed by atoms with Crippen LogP contribution in [0.4, 0.5) is 0 Å². The third kappa shape index (κ3) is 4.67. The number of aryl methyl sites for hydroxylation is 2. The number of rotatable bonds is 6. The van der Waals surface area contributed by atoms with Gasteiger partial charge in [-0.3, -0.25) is 9.69 Å². The molecular weight excluding hydrogens is 340 g/mol. The fourth-order valence-electron chi connectivity index (χ4n) is 3.44. The highest BCUT2D eigenvalue weighted by Gasteiger charge is 2.25. The number of morpholine rings is 1. The van der Waals surface area contributed by atoms with Crippen LogP contribution in [0, 0.1) is 13.8 Å². The Hall–Kier alpha value is -2.37. The molecule has 1 fully saturated rings. The van der Waals surface area contributed by atoms with Gasteiger partial charge in [0.25, 0.3) is 5.91 Å². The first kappa shape index (κ1) is 19.4. The second-order valence-electron chi connectivity index (χ2n) is 6.92. The highest BCUT2D eigenvalue weighted by Crippen LogP contribution is 2.29. The third-order valence-electron chi connectivity index (χ3n) is 5.21. The van der Waals surface area contributed by atoms with Gasteiger partial charge in [-0.15, -0.1) is 0 Å². The molecular formula is C22H28N2O3. The second-order valence-corrected chi connectivity index (χ2v) is 6.92. The quantitative estimate of drug-likeness (QED) is 0.851. The number of benzene rings is 2. The van der Waals surface area contributed by atoms with Crippen LogP contribution in [0.15, 0.2) is 42.5 Å². The summed E-state index contributed by atoms with van der Waals surface area (Å²) in [6.07, 6.45) is 0. The standard InChI is InChI=1S/C22H28N2O3/c1-16-8-9-18(14-17(16)2)22(25)23-15-20(24-10-12-27-13-11-24)19-6-4-5-7-21(19)26-3/h4-9,14,20H,10-13,15H2,1-3H3,(H,23,25). The van der Waals surface area contributed by atoms with Crippen molar-refractivity contribution in [3.8, 4) is 5.75 Å². The smallest absolute Gasteiger partial charge is 0.251 e. The van der Waals surface area contributed by atoms with Crippen molar-refractivity contribution in [3.05, 3.63) is 64.7 Å². The summed E-state index contributed by atoms with van der Waals surface area (Å²) < 4.78 is 11.1. The van der Waals surface area contributed by atoms with Gasteiger partial charge in [0, 0.05) is 30.8 Å². The van der Waals surface area contributed by atoms with Crippen molar-refractivity contribution in [2.45, 2.75) is 19.9 Å². The van der Waals surface area contributed by atoms with Crippen LogP contribution in [-0.4, -0.2) is 50.8 Å². The highest BCUT2D eigenvalue weighted by atomic mass is 16.5. The summed E-state index contributed by atoms with van der Waals surface area (Å²) >= 11 is 0. The lowest BCUT2D eigenvalue weighted by Gasteiger charge is -2.35. The molecule has 1 N–H and O–H groups in total. The fourth-order valence-corrected chi connectivity index (χ4v) is 3.44. The number of nitrogens with zero attached hydrogens (tertiary/aromatic N) is 1. The van der Waals surface area contributed by atoms with E-state index < -0.39 is 0 Å². The zero-order chi connectivity index (χ0) is 19.2. The van der Waals surface area contributed by atoms with Gasteiger partial charge in [-0.05, 0) is 43.2 Å². The predicted molar refractivity (Wildman–Crippen MR) is 106 cm³/mol. The van der Waals surface area contributed by atoms with E-state index in [1.165, 1.54) is 5.56 Å². The monoisotopic (exact) mass is 368 g/mol. The highest BCUT2D eigenvalue weighted by molar-refractivity contribution is 5.94. The first-order valence-corrected chi connectivity index (χ1v) is 9.40. The van der Waals surface area contributed by atoms with Gasteiger partial charge >= 0.3 is 0 Å². The minimum atomic E-state index is -0.0498. The maximum absolute atomic E-state index is 12.7. The van der Waals surface area contributed by atoms with Gasteiger partial charge in [-0.25, -0.2) is 0 Å². The zero-order valence-electron chi connectivity index (χ0n) is 16.3. The number of hydrogen-bond donors (Lipinski definition) is 1. The van der Waals surface area contributed by atoms with Gasteiger partial charge in [0.1, 0.15) is 5.75 Å². The molecule has 5 heteroatoms. The topological polar surface area (TPSA) is 50.8 Å². The van der Waals surface area contributed by atoms with Gasteiger partial charge in [-0.1, -0.05) is 24.3 Å². The van der Waals surface area contributed by atoms with E-state index in [2.05, 4.69) is 16.3 Å². The van der Waals surface area contributed by atoms with E-state index in [-0.39, 0.29) is 11.9 Å². The number of hydrogen-bond acceptors (Lipinski definition) is 4. The summed E-state index contributed by atoms with van der Waals surface area (Å²) in [5.41, 5.74) is 4.09. The van der Waals surface area contributed by atoms with Crippen LogP contribution in [0.25, 0.3) is 0 Å². The average Bonchev–Trinajstić information content (AvgIpc) is 2.71. The van der Waals surface area contributed by atoms with Crippen molar-refractivity contribution < 1.29 is 14.3 Å². The maximum Gasteiger partial charge on any atom is 0.251 e. The summed E-state index contributed by atoms with van der Waals surface area (Å²) in [6.45, 7) is 7.68. The second kappa shape index (κ2) is 9.02. The first-order valence-electron chi connectivity index (χ1n) is 9.40. The van der Waals surface area contributed by atoms with Crippen LogP contribution < -0.4 is 10.1 Å². The number of methoxy groups -OCH3 is 1. The Labute approximate surface area is 161 Å². The zero-order valence-corrected chi connectivity index (χ0v) is 16.3. The lowest BCUT2D eigenvalue weighted by atomic mass is 10.0. The molecule has 1 atom stereocenters. The Kier molecular flexibility index (Phi) is 6.48. The van der Waals surface area contributed by atoms with E-state index in [0.717, 1.165) is 30.0 Å². The molecule has 1 aliphatic rings. The molecule has 1 heterocycles. The molecule has 5 nitrogen and oxygen atoms in total. The third-order valence-corrected chi connectivity index (χ3v) is 5.21. The van der Waals surface area contributed by atoms with Crippen molar-refractivity contribution >= 4 is 5.91 Å². The molecule has 0 spiro atoms. The van der Waals surface area contributed by atoms with E-state index in [1.807, 2.05) is 50.2 Å². The molecule has 0 saturated carbocycles. The molecule has 1 unspecified atom stereocenters. The van der Waals surface area contributed by atoms with Crippen molar-refractivity contribution in [2.24, 2.45) is 0 Å². The minimum absolute atomic E-state index is 0.0422. The van der Waals surface area contributed by atoms with Crippen LogP contribution in [0.5, 0.6) is 5.75 Å². The van der Waals surface area contributed by atoms with Crippen molar-refractivity contribution in [3.63, 3.8) is 0 Å². The molecule has 3 rings (SSSR count). The number of amides is 1. The molecule has 144 valence electrons. The Bertz CT molecular complexity index is 785. The summed E-state index contributed by atoms with van der Waals surface area (Å²) in [5.74, 6) is 0.792. The predicted octanol–water partition coefficient (Wildman–Crippen LogP) is 3.12. The van der Waals surface area contributed by atoms with Crippen LogP contribution in [0.2, 0.25) is 0 Å². The SMILES string of the molecule is COc1ccccc1C(CNC(=O)c1ccc(C)c(C)c1)N1CCOCC1. The number of carbonyl (C=O) groups is 1. The summed E-state index contributed by atoms with van der Waals surface area (Å²) in [7, 11) is 1.68. The first-order chi connectivity index (χ1) is 13.1. The number of carbonyl (C=O) groups excluding carboxylic acids is 1. The lowest BCUT2D eigenvalue weighted by Crippen LogP contribution is -2.44. The molecule has 2 aromatic rings. The Morgan fingerprint density at radius 1 is 1.15 bits per heavy atom. The number of para-hydroxylation sites is 1. The number of ether oxygens (including phenoxy) is 2. The fraction of sp³-hybridized carbons (Fsp3) is 0.409. The van der Waals surface area contributed by atoms with Gasteiger partial charge in [-0.2, -0.15) is 0 Å². The molecule has 27 heavy (non-hydrogen) atoms. The van der Waals surface area contributed by atoms with E-state index in [1.54, 1.807) is 7.11 Å². The van der Waals surface area contributed by atoms with Crippen molar-refractivity contribution in [2.75, 3.05) is 40.0 Å². The molecule has 1 saturated heterocycles. The minimum Gasteiger partial charge on any atom is -0.496 e. The maximum atomic E-state index is 12.7. The van der Waals surface area contributed by atoms with Crippen LogP contribution in [0.3, 0.4) is 0 Å². The molecule has 0 bridgehead atoms. The molecule has 1 aliphatic heterocycles. The largest absolute Gasteiger partial charge is 0.496 e. The van der Waals surface area contributed by atoms with E-state index in [0.29, 0.717) is 25.3 Å². The molecule has 0 aliphatic carbocycles. The van der Waals surface area contributed by atoms with Gasteiger partial charge in [0.2, 0.25) is 0 Å². The van der Waals surface area contributed by atoms with Crippen LogP contribution >= 0.6 is 0 Å². The van der Waals surface area contributed by atoms with Gasteiger partial charge < -0.3 is 14.8 Å². The van der Waals surface area contributed by atoms with E-state index >= 15 is 0 Å². The molecule has 0 aromatic heterocycles. The molecule has 2 aromatic carbocycles. The van der Waals surface area contributed by atoms with Crippen LogP contribution in [-0.2, 0) is 4.74 Å². The van der Waals surface area contributed by atoms with Gasteiger partial charge in [0.05, 0.1) is 26.4 Å². The lowest BCUT2D eigenvalue weighted by molar-refractivity contribution is 0.0157. The number of nitrogens with one attached hydrogen (secondary N) is 1. The molecule has 1 amide bonds. The van der Waals surface area contributed by atoms with Gasteiger partial charge in [0.15, 0.2) is 0 Å².